The van der Waals surface area contributed by atoms with E-state index in [1.54, 1.807) is 0 Å². The van der Waals surface area contributed by atoms with Crippen LogP contribution < -0.4 is 10.2 Å². The number of hydrogen-bond acceptors (Lipinski definition) is 5. The predicted octanol–water partition coefficient (Wildman–Crippen LogP) is 6.53. The molecule has 2 aromatic rings. The summed E-state index contributed by atoms with van der Waals surface area (Å²) in [6, 6.07) is 11.1. The van der Waals surface area contributed by atoms with Crippen molar-refractivity contribution in [1.82, 2.24) is 14.9 Å². The standard InChI is InChI=1S/C32H47N5O/c1-25-23-30(36-19-21-37(22-20-36)31(38)29-17-18-29)35-32(34-25)33-24-28-15-13-27(14-16-28)12-6-3-2-5-9-26-10-7-4-8-11-26/h13-16,23,26,29H,2-12,17-22,24H2,1H3,(H,33,34,35). The Kier molecular flexibility index (Phi) is 9.53. The fourth-order valence-electron chi connectivity index (χ4n) is 6.13. The molecule has 206 valence electrons. The Bertz CT molecular complexity index is 1020. The number of piperazine rings is 1. The average molecular weight is 518 g/mol. The van der Waals surface area contributed by atoms with Gasteiger partial charge in [-0.3, -0.25) is 4.79 Å². The van der Waals surface area contributed by atoms with Gasteiger partial charge < -0.3 is 15.1 Å². The molecule has 1 aliphatic heterocycles. The maximum atomic E-state index is 12.4. The Balaban J connectivity index is 1.02. The molecule has 2 heterocycles. The zero-order valence-electron chi connectivity index (χ0n) is 23.5. The van der Waals surface area contributed by atoms with Crippen molar-refractivity contribution in [2.45, 2.75) is 96.9 Å². The maximum absolute atomic E-state index is 12.4. The van der Waals surface area contributed by atoms with Crippen LogP contribution in [0, 0.1) is 18.8 Å². The Morgan fingerprint density at radius 1 is 0.868 bits per heavy atom. The second kappa shape index (κ2) is 13.4. The first kappa shape index (κ1) is 27.0. The summed E-state index contributed by atoms with van der Waals surface area (Å²) >= 11 is 0. The topological polar surface area (TPSA) is 61.4 Å². The first-order valence-electron chi connectivity index (χ1n) is 15.3. The van der Waals surface area contributed by atoms with E-state index in [4.69, 9.17) is 4.98 Å². The Morgan fingerprint density at radius 3 is 2.32 bits per heavy atom. The van der Waals surface area contributed by atoms with E-state index >= 15 is 0 Å². The van der Waals surface area contributed by atoms with E-state index in [0.717, 1.165) is 56.5 Å². The normalized spacial score (nSPS) is 18.6. The van der Waals surface area contributed by atoms with Gasteiger partial charge in [-0.15, -0.1) is 0 Å². The van der Waals surface area contributed by atoms with Crippen molar-refractivity contribution >= 4 is 17.7 Å². The van der Waals surface area contributed by atoms with Gasteiger partial charge >= 0.3 is 0 Å². The Morgan fingerprint density at radius 2 is 1.58 bits per heavy atom. The molecule has 1 aromatic carbocycles. The number of aromatic nitrogens is 2. The SMILES string of the molecule is Cc1cc(N2CCN(C(=O)C3CC3)CC2)nc(NCc2ccc(CCCCCCC3CCCCC3)cc2)n1. The molecule has 1 amide bonds. The molecule has 3 fully saturated rings. The number of nitrogens with zero attached hydrogens (tertiary/aromatic N) is 4. The number of rotatable bonds is 12. The molecule has 6 heteroatoms. The first-order chi connectivity index (χ1) is 18.6. The molecule has 0 unspecified atom stereocenters. The summed E-state index contributed by atoms with van der Waals surface area (Å²) in [5.74, 6) is 3.30. The van der Waals surface area contributed by atoms with Gasteiger partial charge in [0.15, 0.2) is 0 Å². The van der Waals surface area contributed by atoms with Gasteiger partial charge in [-0.2, -0.15) is 4.98 Å². The molecule has 2 saturated carbocycles. The Hall–Kier alpha value is -2.63. The summed E-state index contributed by atoms with van der Waals surface area (Å²) < 4.78 is 0. The molecular weight excluding hydrogens is 470 g/mol. The lowest BCUT2D eigenvalue weighted by Crippen LogP contribution is -2.49. The third-order valence-electron chi connectivity index (χ3n) is 8.71. The average Bonchev–Trinajstić information content (AvgIpc) is 3.80. The highest BCUT2D eigenvalue weighted by molar-refractivity contribution is 5.81. The van der Waals surface area contributed by atoms with Gasteiger partial charge in [0.05, 0.1) is 0 Å². The highest BCUT2D eigenvalue weighted by Crippen LogP contribution is 2.31. The molecule has 1 N–H and O–H groups in total. The lowest BCUT2D eigenvalue weighted by atomic mass is 9.85. The highest BCUT2D eigenvalue weighted by Gasteiger charge is 2.34. The van der Waals surface area contributed by atoms with E-state index in [1.807, 2.05) is 17.9 Å². The van der Waals surface area contributed by atoms with Gasteiger partial charge in [-0.1, -0.05) is 82.1 Å². The van der Waals surface area contributed by atoms with E-state index in [-0.39, 0.29) is 0 Å². The minimum atomic E-state index is 0.299. The van der Waals surface area contributed by atoms with Crippen LogP contribution in [-0.4, -0.2) is 47.0 Å². The van der Waals surface area contributed by atoms with Crippen LogP contribution in [0.2, 0.25) is 0 Å². The van der Waals surface area contributed by atoms with Crippen LogP contribution >= 0.6 is 0 Å². The van der Waals surface area contributed by atoms with Gasteiger partial charge in [-0.05, 0) is 49.7 Å². The van der Waals surface area contributed by atoms with Gasteiger partial charge in [0, 0.05) is 50.4 Å². The third kappa shape index (κ3) is 7.94. The summed E-state index contributed by atoms with van der Waals surface area (Å²) in [6.45, 7) is 5.97. The fraction of sp³-hybridized carbons (Fsp3) is 0.656. The number of benzene rings is 1. The van der Waals surface area contributed by atoms with E-state index in [1.165, 1.54) is 81.8 Å². The summed E-state index contributed by atoms with van der Waals surface area (Å²) in [5, 5.41) is 3.43. The highest BCUT2D eigenvalue weighted by atomic mass is 16.2. The zero-order chi connectivity index (χ0) is 26.2. The predicted molar refractivity (Wildman–Crippen MR) is 155 cm³/mol. The lowest BCUT2D eigenvalue weighted by Gasteiger charge is -2.35. The molecule has 6 nitrogen and oxygen atoms in total. The molecule has 3 aliphatic rings. The van der Waals surface area contributed by atoms with Crippen LogP contribution in [0.15, 0.2) is 30.3 Å². The van der Waals surface area contributed by atoms with Crippen LogP contribution in [0.3, 0.4) is 0 Å². The first-order valence-corrected chi connectivity index (χ1v) is 15.3. The van der Waals surface area contributed by atoms with Crippen molar-refractivity contribution in [3.8, 4) is 0 Å². The van der Waals surface area contributed by atoms with Crippen molar-refractivity contribution in [3.05, 3.63) is 47.2 Å². The summed E-state index contributed by atoms with van der Waals surface area (Å²) in [6.07, 6.45) is 17.6. The van der Waals surface area contributed by atoms with E-state index < -0.39 is 0 Å². The fourth-order valence-corrected chi connectivity index (χ4v) is 6.13. The molecule has 0 bridgehead atoms. The maximum Gasteiger partial charge on any atom is 0.225 e. The van der Waals surface area contributed by atoms with Crippen molar-refractivity contribution < 1.29 is 4.79 Å². The summed E-state index contributed by atoms with van der Waals surface area (Å²) in [4.78, 5) is 26.1. The third-order valence-corrected chi connectivity index (χ3v) is 8.71. The van der Waals surface area contributed by atoms with Crippen LogP contribution in [0.1, 0.15) is 93.9 Å². The molecule has 0 spiro atoms. The van der Waals surface area contributed by atoms with Gasteiger partial charge in [0.1, 0.15) is 5.82 Å². The molecule has 38 heavy (non-hydrogen) atoms. The van der Waals surface area contributed by atoms with Crippen LogP contribution in [0.25, 0.3) is 0 Å². The minimum absolute atomic E-state index is 0.299. The number of aryl methyl sites for hydroxylation is 2. The number of amides is 1. The van der Waals surface area contributed by atoms with Gasteiger partial charge in [0.2, 0.25) is 11.9 Å². The number of nitrogens with one attached hydrogen (secondary N) is 1. The minimum Gasteiger partial charge on any atom is -0.353 e. The zero-order valence-corrected chi connectivity index (χ0v) is 23.5. The number of carbonyl (C=O) groups excluding carboxylic acids is 1. The molecule has 0 radical (unpaired) electrons. The monoisotopic (exact) mass is 517 g/mol. The van der Waals surface area contributed by atoms with E-state index in [0.29, 0.717) is 24.3 Å². The van der Waals surface area contributed by atoms with Crippen molar-refractivity contribution in [1.29, 1.82) is 0 Å². The van der Waals surface area contributed by atoms with Crippen molar-refractivity contribution in [2.24, 2.45) is 11.8 Å². The molecule has 5 rings (SSSR count). The largest absolute Gasteiger partial charge is 0.353 e. The van der Waals surface area contributed by atoms with E-state index in [9.17, 15) is 4.79 Å². The van der Waals surface area contributed by atoms with Gasteiger partial charge in [-0.25, -0.2) is 4.98 Å². The molecule has 2 aliphatic carbocycles. The van der Waals surface area contributed by atoms with Crippen molar-refractivity contribution in [2.75, 3.05) is 36.4 Å². The van der Waals surface area contributed by atoms with Gasteiger partial charge in [0.25, 0.3) is 0 Å². The van der Waals surface area contributed by atoms with Crippen molar-refractivity contribution in [3.63, 3.8) is 0 Å². The van der Waals surface area contributed by atoms with Crippen LogP contribution in [0.5, 0.6) is 0 Å². The Labute approximate surface area is 229 Å². The second-order valence-electron chi connectivity index (χ2n) is 11.9. The van der Waals surface area contributed by atoms with Crippen LogP contribution in [0.4, 0.5) is 11.8 Å². The summed E-state index contributed by atoms with van der Waals surface area (Å²) in [7, 11) is 0. The number of anilines is 2. The molecule has 0 atom stereocenters. The molecular formula is C32H47N5O. The molecule has 1 saturated heterocycles. The number of hydrogen-bond donors (Lipinski definition) is 1. The number of unbranched alkanes of at least 4 members (excludes halogenated alkanes) is 3. The second-order valence-corrected chi connectivity index (χ2v) is 11.9. The quantitative estimate of drug-likeness (QED) is 0.324. The summed E-state index contributed by atoms with van der Waals surface area (Å²) in [5.41, 5.74) is 3.65. The lowest BCUT2D eigenvalue weighted by molar-refractivity contribution is -0.132. The van der Waals surface area contributed by atoms with Crippen LogP contribution in [-0.2, 0) is 17.8 Å². The molecule has 1 aromatic heterocycles. The smallest absolute Gasteiger partial charge is 0.225 e. The number of carbonyl (C=O) groups is 1. The van der Waals surface area contributed by atoms with E-state index in [2.05, 4.69) is 39.5 Å².